The monoisotopic (exact) mass is 243 g/mol. The Bertz CT molecular complexity index is 233. The number of aliphatic hydroxyl groups is 1. The highest BCUT2D eigenvalue weighted by Crippen LogP contribution is 2.18. The zero-order chi connectivity index (χ0) is 13.1. The van der Waals surface area contributed by atoms with Crippen molar-refractivity contribution in [2.24, 2.45) is 11.7 Å². The van der Waals surface area contributed by atoms with Gasteiger partial charge < -0.3 is 20.6 Å². The van der Waals surface area contributed by atoms with E-state index in [9.17, 15) is 5.11 Å². The fraction of sp³-hybridized carbons (Fsp3) is 1.00. The van der Waals surface area contributed by atoms with Gasteiger partial charge in [0.2, 0.25) is 0 Å². The van der Waals surface area contributed by atoms with Gasteiger partial charge in [0.05, 0.1) is 6.61 Å². The molecule has 1 saturated heterocycles. The Morgan fingerprint density at radius 1 is 1.59 bits per heavy atom. The zero-order valence-electron chi connectivity index (χ0n) is 11.8. The van der Waals surface area contributed by atoms with Crippen molar-refractivity contribution in [1.82, 2.24) is 9.80 Å². The molecule has 0 saturated carbocycles. The molecule has 3 N–H and O–H groups in total. The van der Waals surface area contributed by atoms with Crippen LogP contribution >= 0.6 is 0 Å². The van der Waals surface area contributed by atoms with Crippen LogP contribution in [-0.2, 0) is 0 Å². The molecule has 0 spiro atoms. The third-order valence-electron chi connectivity index (χ3n) is 3.91. The number of rotatable bonds is 6. The van der Waals surface area contributed by atoms with E-state index in [1.165, 1.54) is 19.5 Å². The molecule has 102 valence electrons. The molecule has 0 radical (unpaired) electrons. The van der Waals surface area contributed by atoms with E-state index in [1.54, 1.807) is 0 Å². The second-order valence-electron chi connectivity index (χ2n) is 6.22. The van der Waals surface area contributed by atoms with E-state index in [0.717, 1.165) is 18.9 Å². The lowest BCUT2D eigenvalue weighted by atomic mass is 9.94. The number of hydrogen-bond donors (Lipinski definition) is 2. The molecule has 1 fully saturated rings. The van der Waals surface area contributed by atoms with E-state index in [1.807, 2.05) is 6.92 Å². The Kier molecular flexibility index (Phi) is 5.38. The van der Waals surface area contributed by atoms with Crippen LogP contribution in [0.25, 0.3) is 0 Å². The minimum absolute atomic E-state index is 0.0529. The Morgan fingerprint density at radius 2 is 2.24 bits per heavy atom. The van der Waals surface area contributed by atoms with E-state index in [2.05, 4.69) is 30.8 Å². The second kappa shape index (κ2) is 6.14. The van der Waals surface area contributed by atoms with Gasteiger partial charge in [0.15, 0.2) is 0 Å². The smallest absolute Gasteiger partial charge is 0.0609 e. The van der Waals surface area contributed by atoms with Crippen molar-refractivity contribution in [3.63, 3.8) is 0 Å². The Morgan fingerprint density at radius 3 is 2.71 bits per heavy atom. The topological polar surface area (TPSA) is 52.7 Å². The summed E-state index contributed by atoms with van der Waals surface area (Å²) in [5, 5.41) is 9.19. The standard InChI is InChI=1S/C13H29N3O/c1-11(7-13(2,14)10-17)16(4)9-12-5-6-15(3)8-12/h11-12,17H,5-10,14H2,1-4H3. The normalized spacial score (nSPS) is 27.4. The van der Waals surface area contributed by atoms with Crippen LogP contribution < -0.4 is 5.73 Å². The average molecular weight is 243 g/mol. The van der Waals surface area contributed by atoms with Crippen LogP contribution in [-0.4, -0.2) is 66.8 Å². The summed E-state index contributed by atoms with van der Waals surface area (Å²) in [6.07, 6.45) is 2.13. The van der Waals surface area contributed by atoms with Crippen molar-refractivity contribution in [2.75, 3.05) is 40.3 Å². The van der Waals surface area contributed by atoms with Crippen LogP contribution in [0.1, 0.15) is 26.7 Å². The van der Waals surface area contributed by atoms with Crippen molar-refractivity contribution in [3.8, 4) is 0 Å². The first-order chi connectivity index (χ1) is 7.84. The Labute approximate surface area is 106 Å². The highest BCUT2D eigenvalue weighted by molar-refractivity contribution is 4.84. The molecule has 0 bridgehead atoms. The average Bonchev–Trinajstić information content (AvgIpc) is 2.63. The summed E-state index contributed by atoms with van der Waals surface area (Å²) in [5.74, 6) is 0.783. The largest absolute Gasteiger partial charge is 0.394 e. The first-order valence-electron chi connectivity index (χ1n) is 6.62. The van der Waals surface area contributed by atoms with Crippen LogP contribution in [0, 0.1) is 5.92 Å². The Hall–Kier alpha value is -0.160. The van der Waals surface area contributed by atoms with Gasteiger partial charge in [-0.1, -0.05) is 0 Å². The van der Waals surface area contributed by atoms with E-state index in [-0.39, 0.29) is 6.61 Å². The van der Waals surface area contributed by atoms with Crippen LogP contribution in [0.5, 0.6) is 0 Å². The van der Waals surface area contributed by atoms with Crippen LogP contribution in [0.4, 0.5) is 0 Å². The maximum atomic E-state index is 9.19. The molecule has 4 heteroatoms. The van der Waals surface area contributed by atoms with Gasteiger partial charge >= 0.3 is 0 Å². The zero-order valence-corrected chi connectivity index (χ0v) is 11.8. The highest BCUT2D eigenvalue weighted by atomic mass is 16.3. The maximum Gasteiger partial charge on any atom is 0.0609 e. The fourth-order valence-corrected chi connectivity index (χ4v) is 2.66. The lowest BCUT2D eigenvalue weighted by Gasteiger charge is -2.33. The van der Waals surface area contributed by atoms with Gasteiger partial charge in [-0.05, 0) is 53.2 Å². The van der Waals surface area contributed by atoms with E-state index in [0.29, 0.717) is 6.04 Å². The summed E-state index contributed by atoms with van der Waals surface area (Å²) < 4.78 is 0. The summed E-state index contributed by atoms with van der Waals surface area (Å²) in [5.41, 5.74) is 5.54. The third kappa shape index (κ3) is 4.92. The number of nitrogens with two attached hydrogens (primary N) is 1. The van der Waals surface area contributed by atoms with Gasteiger partial charge in [0.25, 0.3) is 0 Å². The number of likely N-dealkylation sites (tertiary alicyclic amines) is 1. The quantitative estimate of drug-likeness (QED) is 0.707. The highest BCUT2D eigenvalue weighted by Gasteiger charge is 2.26. The minimum atomic E-state index is -0.458. The van der Waals surface area contributed by atoms with Crippen molar-refractivity contribution in [2.45, 2.75) is 38.3 Å². The summed E-state index contributed by atoms with van der Waals surface area (Å²) in [4.78, 5) is 4.77. The molecule has 0 amide bonds. The van der Waals surface area contributed by atoms with Crippen molar-refractivity contribution in [1.29, 1.82) is 0 Å². The van der Waals surface area contributed by atoms with Gasteiger partial charge in [-0.25, -0.2) is 0 Å². The first-order valence-corrected chi connectivity index (χ1v) is 6.62. The predicted molar refractivity (Wildman–Crippen MR) is 72.0 cm³/mol. The molecule has 4 nitrogen and oxygen atoms in total. The maximum absolute atomic E-state index is 9.19. The third-order valence-corrected chi connectivity index (χ3v) is 3.91. The molecule has 0 aromatic carbocycles. The number of aliphatic hydroxyl groups excluding tert-OH is 1. The predicted octanol–water partition coefficient (Wildman–Crippen LogP) is 0.358. The summed E-state index contributed by atoms with van der Waals surface area (Å²) >= 11 is 0. The van der Waals surface area contributed by atoms with Crippen LogP contribution in [0.15, 0.2) is 0 Å². The molecular weight excluding hydrogens is 214 g/mol. The van der Waals surface area contributed by atoms with Gasteiger partial charge in [-0.15, -0.1) is 0 Å². The number of nitrogens with zero attached hydrogens (tertiary/aromatic N) is 2. The van der Waals surface area contributed by atoms with Crippen LogP contribution in [0.3, 0.4) is 0 Å². The van der Waals surface area contributed by atoms with Gasteiger partial charge in [0.1, 0.15) is 0 Å². The fourth-order valence-electron chi connectivity index (χ4n) is 2.66. The molecule has 1 aliphatic heterocycles. The van der Waals surface area contributed by atoms with Gasteiger partial charge in [-0.2, -0.15) is 0 Å². The minimum Gasteiger partial charge on any atom is -0.394 e. The first kappa shape index (κ1) is 14.9. The summed E-state index contributed by atoms with van der Waals surface area (Å²) in [6.45, 7) is 7.72. The molecule has 3 unspecified atom stereocenters. The molecule has 0 aliphatic carbocycles. The molecule has 3 atom stereocenters. The van der Waals surface area contributed by atoms with Gasteiger partial charge in [-0.3, -0.25) is 0 Å². The molecule has 0 aromatic heterocycles. The lowest BCUT2D eigenvalue weighted by Crippen LogP contribution is -2.47. The molecular formula is C13H29N3O. The molecule has 1 rings (SSSR count). The lowest BCUT2D eigenvalue weighted by molar-refractivity contribution is 0.143. The summed E-state index contributed by atoms with van der Waals surface area (Å²) in [7, 11) is 4.35. The second-order valence-corrected chi connectivity index (χ2v) is 6.22. The molecule has 1 aliphatic rings. The van der Waals surface area contributed by atoms with Gasteiger partial charge in [0, 0.05) is 24.7 Å². The van der Waals surface area contributed by atoms with E-state index < -0.39 is 5.54 Å². The van der Waals surface area contributed by atoms with Crippen molar-refractivity contribution < 1.29 is 5.11 Å². The summed E-state index contributed by atoms with van der Waals surface area (Å²) in [6, 6.07) is 0.419. The van der Waals surface area contributed by atoms with Crippen molar-refractivity contribution >= 4 is 0 Å². The van der Waals surface area contributed by atoms with E-state index >= 15 is 0 Å². The van der Waals surface area contributed by atoms with E-state index in [4.69, 9.17) is 5.73 Å². The number of hydrogen-bond acceptors (Lipinski definition) is 4. The molecule has 17 heavy (non-hydrogen) atoms. The van der Waals surface area contributed by atoms with Crippen molar-refractivity contribution in [3.05, 3.63) is 0 Å². The SMILES string of the molecule is CC(CC(C)(N)CO)N(C)CC1CCN(C)C1. The van der Waals surface area contributed by atoms with Crippen LogP contribution in [0.2, 0.25) is 0 Å². The molecule has 1 heterocycles. The molecule has 0 aromatic rings. The Balaban J connectivity index is 2.34.